The summed E-state index contributed by atoms with van der Waals surface area (Å²) in [6.45, 7) is 0.666. The molecule has 9 heavy (non-hydrogen) atoms. The Morgan fingerprint density at radius 2 is 1.78 bits per heavy atom. The minimum Gasteiger partial charge on any atom is -0.239 e. The number of hydrogen-bond donors (Lipinski definition) is 0. The molecule has 0 aliphatic heterocycles. The Morgan fingerprint density at radius 1 is 1.33 bits per heavy atom. The maximum Gasteiger partial charge on any atom is 0.412 e. The van der Waals surface area contributed by atoms with E-state index < -0.39 is 11.7 Å². The second-order valence-electron chi connectivity index (χ2n) is 1.47. The molecule has 0 aromatic heterocycles. The van der Waals surface area contributed by atoms with Gasteiger partial charge >= 0.3 is 6.18 Å². The minimum atomic E-state index is -4.40. The van der Waals surface area contributed by atoms with Gasteiger partial charge in [0.1, 0.15) is 0 Å². The van der Waals surface area contributed by atoms with Crippen LogP contribution in [-0.4, -0.2) is 6.18 Å². The predicted molar refractivity (Wildman–Crippen MR) is 25.2 cm³/mol. The van der Waals surface area contributed by atoms with Gasteiger partial charge in [0.2, 0.25) is 0 Å². The fourth-order valence-corrected chi connectivity index (χ4v) is 0.189. The van der Waals surface area contributed by atoms with Crippen LogP contribution in [0.15, 0.2) is 11.6 Å². The Labute approximate surface area is 50.2 Å². The van der Waals surface area contributed by atoms with Gasteiger partial charge in [0, 0.05) is 5.57 Å². The van der Waals surface area contributed by atoms with Gasteiger partial charge in [0.15, 0.2) is 6.67 Å². The van der Waals surface area contributed by atoms with Crippen molar-refractivity contribution >= 4 is 0 Å². The lowest BCUT2D eigenvalue weighted by Gasteiger charge is -2.03. The van der Waals surface area contributed by atoms with Crippen molar-refractivity contribution in [2.75, 3.05) is 0 Å². The van der Waals surface area contributed by atoms with Gasteiger partial charge in [-0.1, -0.05) is 0 Å². The van der Waals surface area contributed by atoms with E-state index in [9.17, 15) is 17.6 Å². The Bertz CT molecular complexity index is 111. The maximum atomic E-state index is 11.4. The van der Waals surface area contributed by atoms with E-state index in [1.807, 2.05) is 0 Å². The Kier molecular flexibility index (Phi) is 2.67. The molecule has 0 aliphatic carbocycles. The average Bonchev–Trinajstić information content (AvgIpc) is 1.64. The molecule has 0 saturated carbocycles. The van der Waals surface area contributed by atoms with E-state index in [0.717, 1.165) is 6.92 Å². The standard InChI is InChI=1S/C5H5F4/c1-4(2-3-6)5(7,8)9/h2-3H,1H3/b4-2-. The first kappa shape index (κ1) is 8.46. The maximum absolute atomic E-state index is 11.4. The zero-order valence-corrected chi connectivity index (χ0v) is 4.67. The monoisotopic (exact) mass is 141 g/mol. The van der Waals surface area contributed by atoms with Crippen LogP contribution < -0.4 is 0 Å². The van der Waals surface area contributed by atoms with Gasteiger partial charge in [-0.15, -0.1) is 0 Å². The molecule has 0 spiro atoms. The van der Waals surface area contributed by atoms with Crippen LogP contribution in [0.3, 0.4) is 0 Å². The van der Waals surface area contributed by atoms with E-state index in [0.29, 0.717) is 6.08 Å². The predicted octanol–water partition coefficient (Wildman–Crippen LogP) is 2.63. The highest BCUT2D eigenvalue weighted by Crippen LogP contribution is 2.24. The number of hydrogen-bond acceptors (Lipinski definition) is 0. The van der Waals surface area contributed by atoms with Crippen molar-refractivity contribution in [2.45, 2.75) is 13.1 Å². The number of halogens is 4. The van der Waals surface area contributed by atoms with Crippen LogP contribution in [0.4, 0.5) is 17.6 Å². The number of alkyl halides is 3. The van der Waals surface area contributed by atoms with E-state index >= 15 is 0 Å². The SMILES string of the molecule is C/C(=C/[CH]F)C(F)(F)F. The van der Waals surface area contributed by atoms with Crippen LogP contribution in [0.25, 0.3) is 0 Å². The molecule has 0 rings (SSSR count). The molecular formula is C5H5F4. The first-order valence-corrected chi connectivity index (χ1v) is 2.16. The summed E-state index contributed by atoms with van der Waals surface area (Å²) in [5.41, 5.74) is -0.940. The highest BCUT2D eigenvalue weighted by Gasteiger charge is 2.29. The minimum absolute atomic E-state index is 0.136. The lowest BCUT2D eigenvalue weighted by atomic mass is 10.3. The third kappa shape index (κ3) is 3.11. The Hall–Kier alpha value is -0.540. The smallest absolute Gasteiger partial charge is 0.239 e. The summed E-state index contributed by atoms with van der Waals surface area (Å²) in [6.07, 6.45) is -4.03. The average molecular weight is 141 g/mol. The van der Waals surface area contributed by atoms with Gasteiger partial charge in [-0.25, -0.2) is 4.39 Å². The van der Waals surface area contributed by atoms with Gasteiger partial charge in [0.05, 0.1) is 0 Å². The van der Waals surface area contributed by atoms with Crippen LogP contribution in [0.1, 0.15) is 6.92 Å². The van der Waals surface area contributed by atoms with Crippen LogP contribution in [0.5, 0.6) is 0 Å². The summed E-state index contributed by atoms with van der Waals surface area (Å²) < 4.78 is 45.2. The van der Waals surface area contributed by atoms with Crippen molar-refractivity contribution in [3.63, 3.8) is 0 Å². The van der Waals surface area contributed by atoms with E-state index in [1.165, 1.54) is 0 Å². The molecule has 0 unspecified atom stereocenters. The molecule has 0 N–H and O–H groups in total. The van der Waals surface area contributed by atoms with Gasteiger partial charge in [-0.2, -0.15) is 13.2 Å². The van der Waals surface area contributed by atoms with E-state index in [-0.39, 0.29) is 6.67 Å². The summed E-state index contributed by atoms with van der Waals surface area (Å²) in [5, 5.41) is 0. The molecule has 4 heteroatoms. The third-order valence-electron chi connectivity index (χ3n) is 0.760. The second kappa shape index (κ2) is 2.85. The lowest BCUT2D eigenvalue weighted by Crippen LogP contribution is -2.08. The molecule has 0 aromatic rings. The van der Waals surface area contributed by atoms with Gasteiger partial charge in [0.25, 0.3) is 0 Å². The molecule has 0 amide bonds. The molecule has 0 bridgehead atoms. The zero-order valence-electron chi connectivity index (χ0n) is 4.67. The molecule has 0 aromatic carbocycles. The first-order chi connectivity index (χ1) is 3.98. The van der Waals surface area contributed by atoms with Gasteiger partial charge < -0.3 is 0 Å². The molecule has 0 fully saturated rings. The summed E-state index contributed by atoms with van der Waals surface area (Å²) in [5.74, 6) is 0. The Morgan fingerprint density at radius 3 is 1.89 bits per heavy atom. The van der Waals surface area contributed by atoms with Gasteiger partial charge in [-0.05, 0) is 13.0 Å². The topological polar surface area (TPSA) is 0 Å². The summed E-state index contributed by atoms with van der Waals surface area (Å²) in [4.78, 5) is 0. The summed E-state index contributed by atoms with van der Waals surface area (Å²) >= 11 is 0. The fourth-order valence-electron chi connectivity index (χ4n) is 0.189. The first-order valence-electron chi connectivity index (χ1n) is 2.16. The van der Waals surface area contributed by atoms with Crippen molar-refractivity contribution in [3.8, 4) is 0 Å². The molecular weight excluding hydrogens is 136 g/mol. The molecule has 53 valence electrons. The third-order valence-corrected chi connectivity index (χ3v) is 0.760. The van der Waals surface area contributed by atoms with Crippen LogP contribution in [-0.2, 0) is 0 Å². The Balaban J connectivity index is 4.03. The number of rotatable bonds is 1. The highest BCUT2D eigenvalue weighted by atomic mass is 19.4. The molecule has 0 heterocycles. The van der Waals surface area contributed by atoms with E-state index in [2.05, 4.69) is 0 Å². The molecule has 1 radical (unpaired) electrons. The van der Waals surface area contributed by atoms with Crippen molar-refractivity contribution in [1.82, 2.24) is 0 Å². The van der Waals surface area contributed by atoms with Crippen LogP contribution in [0, 0.1) is 6.67 Å². The lowest BCUT2D eigenvalue weighted by molar-refractivity contribution is -0.0914. The normalized spacial score (nSPS) is 14.1. The van der Waals surface area contributed by atoms with Gasteiger partial charge in [-0.3, -0.25) is 0 Å². The summed E-state index contributed by atoms with van der Waals surface area (Å²) in [7, 11) is 0. The highest BCUT2D eigenvalue weighted by molar-refractivity contribution is 5.08. The van der Waals surface area contributed by atoms with Crippen molar-refractivity contribution in [2.24, 2.45) is 0 Å². The molecule has 0 atom stereocenters. The number of allylic oxidation sites excluding steroid dienone is 2. The molecule has 0 aliphatic rings. The summed E-state index contributed by atoms with van der Waals surface area (Å²) in [6, 6.07) is 0. The fraction of sp³-hybridized carbons (Fsp3) is 0.400. The largest absolute Gasteiger partial charge is 0.412 e. The molecule has 0 nitrogen and oxygen atoms in total. The quantitative estimate of drug-likeness (QED) is 0.492. The molecule has 0 saturated heterocycles. The van der Waals surface area contributed by atoms with E-state index in [1.54, 1.807) is 0 Å². The van der Waals surface area contributed by atoms with E-state index in [4.69, 9.17) is 0 Å². The van der Waals surface area contributed by atoms with Crippen LogP contribution in [0.2, 0.25) is 0 Å². The van der Waals surface area contributed by atoms with Crippen molar-refractivity contribution in [3.05, 3.63) is 18.3 Å². The zero-order chi connectivity index (χ0) is 7.49. The van der Waals surface area contributed by atoms with Crippen molar-refractivity contribution in [1.29, 1.82) is 0 Å². The van der Waals surface area contributed by atoms with Crippen LogP contribution >= 0.6 is 0 Å². The van der Waals surface area contributed by atoms with Crippen molar-refractivity contribution < 1.29 is 17.6 Å². The second-order valence-corrected chi connectivity index (χ2v) is 1.47.